The van der Waals surface area contributed by atoms with Crippen molar-refractivity contribution in [1.29, 1.82) is 0 Å². The van der Waals surface area contributed by atoms with E-state index in [1.165, 1.54) is 18.4 Å². The summed E-state index contributed by atoms with van der Waals surface area (Å²) < 4.78 is 5.13. The molecule has 0 radical (unpaired) electrons. The molecule has 0 saturated carbocycles. The van der Waals surface area contributed by atoms with Gasteiger partial charge in [0, 0.05) is 12.1 Å². The number of nitro groups is 1. The van der Waals surface area contributed by atoms with Crippen molar-refractivity contribution in [2.45, 2.75) is 25.9 Å². The second-order valence-corrected chi connectivity index (χ2v) is 4.79. The van der Waals surface area contributed by atoms with Gasteiger partial charge in [-0.3, -0.25) is 14.9 Å². The first kappa shape index (κ1) is 18.7. The molecule has 23 heavy (non-hydrogen) atoms. The van der Waals surface area contributed by atoms with Crippen molar-refractivity contribution in [3.63, 3.8) is 0 Å². The van der Waals surface area contributed by atoms with Crippen LogP contribution in [0.4, 0.5) is 5.69 Å². The molecule has 1 heterocycles. The normalized spacial score (nSPS) is 11.4. The molecule has 0 aliphatic carbocycles. The highest BCUT2D eigenvalue weighted by atomic mass is 35.5. The number of amides is 1. The van der Waals surface area contributed by atoms with Crippen LogP contribution in [0.1, 0.15) is 41.1 Å². The first-order valence-electron chi connectivity index (χ1n) is 6.87. The van der Waals surface area contributed by atoms with Gasteiger partial charge in [-0.05, 0) is 18.1 Å². The number of hydrogen-bond donors (Lipinski definition) is 2. The molecule has 0 spiro atoms. The zero-order valence-corrected chi connectivity index (χ0v) is 13.3. The molecule has 0 fully saturated rings. The molecular formula is C15H18ClN3O4. The zero-order chi connectivity index (χ0) is 16.1. The summed E-state index contributed by atoms with van der Waals surface area (Å²) in [5.74, 6) is 0.218. The molecule has 1 aromatic heterocycles. The molecule has 0 aliphatic rings. The maximum absolute atomic E-state index is 12.2. The number of nitrogens with zero attached hydrogens (tertiary/aromatic N) is 1. The van der Waals surface area contributed by atoms with Crippen molar-refractivity contribution in [3.8, 4) is 0 Å². The summed E-state index contributed by atoms with van der Waals surface area (Å²) in [6.07, 6.45) is 1.95. The number of nitrogens with one attached hydrogen (secondary N) is 1. The lowest BCUT2D eigenvalue weighted by Gasteiger charge is -2.16. The topological polar surface area (TPSA) is 111 Å². The third-order valence-electron chi connectivity index (χ3n) is 3.31. The first-order valence-corrected chi connectivity index (χ1v) is 6.87. The fourth-order valence-corrected chi connectivity index (χ4v) is 2.12. The Labute approximate surface area is 139 Å². The van der Waals surface area contributed by atoms with Crippen molar-refractivity contribution in [1.82, 2.24) is 5.32 Å². The van der Waals surface area contributed by atoms with Crippen LogP contribution in [-0.2, 0) is 6.54 Å². The fourth-order valence-electron chi connectivity index (χ4n) is 2.12. The highest BCUT2D eigenvalue weighted by Crippen LogP contribution is 2.22. The Hall–Kier alpha value is -2.38. The Kier molecular flexibility index (Phi) is 6.74. The van der Waals surface area contributed by atoms with Gasteiger partial charge in [-0.1, -0.05) is 19.1 Å². The van der Waals surface area contributed by atoms with E-state index in [4.69, 9.17) is 10.2 Å². The number of non-ortho nitro benzene ring substituents is 1. The summed E-state index contributed by atoms with van der Waals surface area (Å²) in [4.78, 5) is 22.6. The summed E-state index contributed by atoms with van der Waals surface area (Å²) in [6.45, 7) is 2.11. The standard InChI is InChI=1S/C15H17N3O4.ClH/c1-2-14(10-4-3-5-12(6-10)18(20)21)17-15(19)11-7-13(8-16)22-9-11;/h3-7,9,14H,2,8,16H2,1H3,(H,17,19);1H. The van der Waals surface area contributed by atoms with E-state index in [0.29, 0.717) is 23.3 Å². The van der Waals surface area contributed by atoms with Gasteiger partial charge in [0.15, 0.2) is 0 Å². The van der Waals surface area contributed by atoms with Crippen LogP contribution in [0.15, 0.2) is 41.0 Å². The molecule has 0 bridgehead atoms. The van der Waals surface area contributed by atoms with E-state index in [9.17, 15) is 14.9 Å². The average molecular weight is 340 g/mol. The van der Waals surface area contributed by atoms with Gasteiger partial charge in [-0.15, -0.1) is 12.4 Å². The number of hydrogen-bond acceptors (Lipinski definition) is 5. The maximum atomic E-state index is 12.2. The third-order valence-corrected chi connectivity index (χ3v) is 3.31. The van der Waals surface area contributed by atoms with Crippen molar-refractivity contribution < 1.29 is 14.1 Å². The number of carbonyl (C=O) groups is 1. The molecule has 0 aliphatic heterocycles. The molecule has 2 aromatic rings. The second kappa shape index (κ2) is 8.30. The van der Waals surface area contributed by atoms with Gasteiger partial charge in [0.05, 0.1) is 23.1 Å². The van der Waals surface area contributed by atoms with E-state index in [0.717, 1.165) is 0 Å². The van der Waals surface area contributed by atoms with E-state index >= 15 is 0 Å². The number of carbonyl (C=O) groups excluding carboxylic acids is 1. The summed E-state index contributed by atoms with van der Waals surface area (Å²) in [5.41, 5.74) is 6.50. The van der Waals surface area contributed by atoms with Crippen molar-refractivity contribution >= 4 is 24.0 Å². The van der Waals surface area contributed by atoms with E-state index in [1.54, 1.807) is 18.2 Å². The molecule has 1 aromatic carbocycles. The van der Waals surface area contributed by atoms with Gasteiger partial charge < -0.3 is 15.5 Å². The minimum absolute atomic E-state index is 0. The molecule has 1 amide bonds. The Morgan fingerprint density at radius 2 is 2.17 bits per heavy atom. The average Bonchev–Trinajstić information content (AvgIpc) is 3.01. The number of furan rings is 1. The number of benzene rings is 1. The van der Waals surface area contributed by atoms with Crippen molar-refractivity contribution in [2.75, 3.05) is 0 Å². The summed E-state index contributed by atoms with van der Waals surface area (Å²) in [5, 5.41) is 13.7. The minimum atomic E-state index is -0.457. The Bertz CT molecular complexity index is 687. The molecule has 0 saturated heterocycles. The molecule has 7 nitrogen and oxygen atoms in total. The van der Waals surface area contributed by atoms with E-state index in [1.807, 2.05) is 6.92 Å². The molecule has 124 valence electrons. The predicted octanol–water partition coefficient (Wildman–Crippen LogP) is 2.95. The van der Waals surface area contributed by atoms with Gasteiger partial charge in [-0.25, -0.2) is 0 Å². The SMILES string of the molecule is CCC(NC(=O)c1coc(CN)c1)c1cccc([N+](=O)[O-])c1.Cl. The lowest BCUT2D eigenvalue weighted by Crippen LogP contribution is -2.27. The second-order valence-electron chi connectivity index (χ2n) is 4.79. The van der Waals surface area contributed by atoms with Gasteiger partial charge in [-0.2, -0.15) is 0 Å². The number of nitro benzene ring substituents is 1. The Balaban J connectivity index is 0.00000264. The number of nitrogens with two attached hydrogens (primary N) is 1. The minimum Gasteiger partial charge on any atom is -0.467 e. The molecule has 1 atom stereocenters. The van der Waals surface area contributed by atoms with Gasteiger partial charge in [0.2, 0.25) is 0 Å². The van der Waals surface area contributed by atoms with Crippen LogP contribution >= 0.6 is 12.4 Å². The van der Waals surface area contributed by atoms with E-state index in [2.05, 4.69) is 5.32 Å². The smallest absolute Gasteiger partial charge is 0.269 e. The maximum Gasteiger partial charge on any atom is 0.269 e. The number of halogens is 1. The van der Waals surface area contributed by atoms with Gasteiger partial charge in [0.1, 0.15) is 12.0 Å². The van der Waals surface area contributed by atoms with E-state index in [-0.39, 0.29) is 36.6 Å². The molecule has 8 heteroatoms. The van der Waals surface area contributed by atoms with Crippen LogP contribution in [-0.4, -0.2) is 10.8 Å². The monoisotopic (exact) mass is 339 g/mol. The summed E-state index contributed by atoms with van der Waals surface area (Å²) in [6, 6.07) is 7.50. The van der Waals surface area contributed by atoms with Crippen LogP contribution in [0.5, 0.6) is 0 Å². The van der Waals surface area contributed by atoms with Crippen LogP contribution < -0.4 is 11.1 Å². The predicted molar refractivity (Wildman–Crippen MR) is 87.4 cm³/mol. The third kappa shape index (κ3) is 4.54. The van der Waals surface area contributed by atoms with E-state index < -0.39 is 4.92 Å². The Morgan fingerprint density at radius 1 is 1.43 bits per heavy atom. The summed E-state index contributed by atoms with van der Waals surface area (Å²) >= 11 is 0. The largest absolute Gasteiger partial charge is 0.467 e. The zero-order valence-electron chi connectivity index (χ0n) is 12.5. The van der Waals surface area contributed by atoms with Crippen LogP contribution in [0.25, 0.3) is 0 Å². The van der Waals surface area contributed by atoms with Crippen LogP contribution in [0.3, 0.4) is 0 Å². The lowest BCUT2D eigenvalue weighted by molar-refractivity contribution is -0.384. The number of rotatable bonds is 6. The fraction of sp³-hybridized carbons (Fsp3) is 0.267. The molecular weight excluding hydrogens is 322 g/mol. The van der Waals surface area contributed by atoms with Crippen LogP contribution in [0.2, 0.25) is 0 Å². The van der Waals surface area contributed by atoms with Gasteiger partial charge >= 0.3 is 0 Å². The summed E-state index contributed by atoms with van der Waals surface area (Å²) in [7, 11) is 0. The quantitative estimate of drug-likeness (QED) is 0.620. The highest BCUT2D eigenvalue weighted by molar-refractivity contribution is 5.94. The molecule has 3 N–H and O–H groups in total. The van der Waals surface area contributed by atoms with Crippen LogP contribution in [0, 0.1) is 10.1 Å². The Morgan fingerprint density at radius 3 is 2.74 bits per heavy atom. The van der Waals surface area contributed by atoms with Crippen molar-refractivity contribution in [3.05, 3.63) is 63.6 Å². The van der Waals surface area contributed by atoms with Gasteiger partial charge in [0.25, 0.3) is 11.6 Å². The molecule has 2 rings (SSSR count). The van der Waals surface area contributed by atoms with Crippen molar-refractivity contribution in [2.24, 2.45) is 5.73 Å². The highest BCUT2D eigenvalue weighted by Gasteiger charge is 2.17. The first-order chi connectivity index (χ1) is 10.5. The molecule has 1 unspecified atom stereocenters. The lowest BCUT2D eigenvalue weighted by atomic mass is 10.0.